The second-order valence-electron chi connectivity index (χ2n) is 7.36. The number of nitrogens with zero attached hydrogens (tertiary/aromatic N) is 2. The maximum atomic E-state index is 13.2. The molecule has 1 aromatic carbocycles. The van der Waals surface area contributed by atoms with Crippen molar-refractivity contribution >= 4 is 24.1 Å². The molecule has 1 aliphatic rings. The van der Waals surface area contributed by atoms with Gasteiger partial charge in [-0.2, -0.15) is 0 Å². The Bertz CT molecular complexity index is 730. The first-order valence-electron chi connectivity index (χ1n) is 10.3. The van der Waals surface area contributed by atoms with Gasteiger partial charge in [0.2, 0.25) is 11.8 Å². The third kappa shape index (κ3) is 6.64. The molecule has 9 heteroatoms. The van der Waals surface area contributed by atoms with Gasteiger partial charge < -0.3 is 26.9 Å². The second-order valence-corrected chi connectivity index (χ2v) is 7.36. The number of guanidine groups is 1. The number of nitrogens with two attached hydrogens (primary N) is 2. The van der Waals surface area contributed by atoms with E-state index in [1.54, 1.807) is 7.05 Å². The minimum absolute atomic E-state index is 0.0310. The molecule has 3 atom stereocenters. The molecular weight excluding hydrogens is 384 g/mol. The molecule has 1 heterocycles. The van der Waals surface area contributed by atoms with Crippen molar-refractivity contribution in [1.82, 2.24) is 15.5 Å². The van der Waals surface area contributed by atoms with Crippen LogP contribution in [-0.2, 0) is 14.4 Å². The van der Waals surface area contributed by atoms with Crippen molar-refractivity contribution in [3.05, 3.63) is 35.9 Å². The highest BCUT2D eigenvalue weighted by atomic mass is 16.2. The Labute approximate surface area is 177 Å². The summed E-state index contributed by atoms with van der Waals surface area (Å²) in [5, 5.41) is 6.25. The number of imide groups is 1. The lowest BCUT2D eigenvalue weighted by molar-refractivity contribution is -0.151. The quantitative estimate of drug-likeness (QED) is 0.173. The van der Waals surface area contributed by atoms with Gasteiger partial charge >= 0.3 is 0 Å². The molecule has 2 rings (SSSR count). The average molecular weight is 417 g/mol. The number of nitrogens with one attached hydrogen (secondary N) is 2. The molecule has 9 nitrogen and oxygen atoms in total. The number of hydrogen-bond acceptors (Lipinski definition) is 6. The van der Waals surface area contributed by atoms with Crippen LogP contribution >= 0.6 is 0 Å². The molecule has 0 aliphatic carbocycles. The molecule has 1 unspecified atom stereocenters. The van der Waals surface area contributed by atoms with Gasteiger partial charge in [-0.25, -0.2) is 0 Å². The molecule has 0 radical (unpaired) electrons. The van der Waals surface area contributed by atoms with Gasteiger partial charge in [0.15, 0.2) is 5.96 Å². The predicted molar refractivity (Wildman–Crippen MR) is 116 cm³/mol. The molecule has 0 saturated carbocycles. The number of carbonyl (C=O) groups excluding carboxylic acids is 3. The van der Waals surface area contributed by atoms with E-state index in [-0.39, 0.29) is 30.2 Å². The standard InChI is InChI=1S/C21H32N6O3/c1-24-18(15-7-3-2-4-8-15)13-19(29)27(20(30)17-10-6-11-25-17)16(14-28)9-5-12-26-21(22)23/h2-4,7-8,14,16-18,24-25H,5-6,9-13H2,1H3,(H4,22,23,26)/t16-,17-,18?/m0/s1. The maximum absolute atomic E-state index is 13.2. The van der Waals surface area contributed by atoms with Crippen LogP contribution < -0.4 is 22.1 Å². The third-order valence-electron chi connectivity index (χ3n) is 5.23. The molecule has 30 heavy (non-hydrogen) atoms. The zero-order valence-electron chi connectivity index (χ0n) is 17.4. The summed E-state index contributed by atoms with van der Waals surface area (Å²) < 4.78 is 0. The molecule has 0 bridgehead atoms. The van der Waals surface area contributed by atoms with E-state index in [0.29, 0.717) is 32.1 Å². The van der Waals surface area contributed by atoms with Gasteiger partial charge in [-0.05, 0) is 44.8 Å². The van der Waals surface area contributed by atoms with E-state index in [2.05, 4.69) is 15.6 Å². The van der Waals surface area contributed by atoms with Crippen molar-refractivity contribution in [3.8, 4) is 0 Å². The average Bonchev–Trinajstić information content (AvgIpc) is 3.29. The molecule has 164 valence electrons. The summed E-state index contributed by atoms with van der Waals surface area (Å²) >= 11 is 0. The number of carbonyl (C=O) groups is 3. The van der Waals surface area contributed by atoms with E-state index in [0.717, 1.165) is 23.4 Å². The summed E-state index contributed by atoms with van der Waals surface area (Å²) in [4.78, 5) is 43.3. The van der Waals surface area contributed by atoms with Gasteiger partial charge in [0.05, 0.1) is 12.1 Å². The van der Waals surface area contributed by atoms with Crippen molar-refractivity contribution in [2.45, 2.75) is 50.2 Å². The number of aliphatic imine (C=N–C) groups is 1. The zero-order chi connectivity index (χ0) is 21.9. The van der Waals surface area contributed by atoms with E-state index in [1.165, 1.54) is 0 Å². The van der Waals surface area contributed by atoms with Crippen molar-refractivity contribution in [3.63, 3.8) is 0 Å². The van der Waals surface area contributed by atoms with E-state index in [4.69, 9.17) is 11.5 Å². The van der Waals surface area contributed by atoms with Crippen LogP contribution in [0.25, 0.3) is 0 Å². The van der Waals surface area contributed by atoms with Gasteiger partial charge in [-0.1, -0.05) is 30.3 Å². The Balaban J connectivity index is 2.18. The third-order valence-corrected chi connectivity index (χ3v) is 5.23. The predicted octanol–water partition coefficient (Wildman–Crippen LogP) is 0.0655. The fraction of sp³-hybridized carbons (Fsp3) is 0.524. The summed E-state index contributed by atoms with van der Waals surface area (Å²) in [6, 6.07) is 7.98. The van der Waals surface area contributed by atoms with Crippen LogP contribution in [0.1, 0.15) is 43.7 Å². The van der Waals surface area contributed by atoms with Crippen LogP contribution in [0.2, 0.25) is 0 Å². The Morgan fingerprint density at radius 1 is 1.33 bits per heavy atom. The molecule has 1 aromatic rings. The Hall–Kier alpha value is -2.78. The minimum Gasteiger partial charge on any atom is -0.370 e. The maximum Gasteiger partial charge on any atom is 0.246 e. The van der Waals surface area contributed by atoms with Crippen molar-refractivity contribution in [1.29, 1.82) is 0 Å². The van der Waals surface area contributed by atoms with Gasteiger partial charge in [0.1, 0.15) is 6.29 Å². The van der Waals surface area contributed by atoms with Crippen LogP contribution in [0, 0.1) is 0 Å². The summed E-state index contributed by atoms with van der Waals surface area (Å²) in [5.41, 5.74) is 11.6. The molecule has 6 N–H and O–H groups in total. The van der Waals surface area contributed by atoms with E-state index in [1.807, 2.05) is 30.3 Å². The zero-order valence-corrected chi connectivity index (χ0v) is 17.4. The summed E-state index contributed by atoms with van der Waals surface area (Å²) in [5.74, 6) is -0.758. The first-order chi connectivity index (χ1) is 14.5. The SMILES string of the molecule is CNC(CC(=O)N(C(=O)[C@@H]1CCCN1)[C@H](C=O)CCCN=C(N)N)c1ccccc1. The normalized spacial score (nSPS) is 17.7. The van der Waals surface area contributed by atoms with E-state index < -0.39 is 12.1 Å². The summed E-state index contributed by atoms with van der Waals surface area (Å²) in [6.45, 7) is 1.05. The lowest BCUT2D eigenvalue weighted by atomic mass is 10.0. The minimum atomic E-state index is -0.852. The fourth-order valence-electron chi connectivity index (χ4n) is 3.65. The van der Waals surface area contributed by atoms with Gasteiger partial charge in [0.25, 0.3) is 0 Å². The molecule has 1 fully saturated rings. The first kappa shape index (κ1) is 23.5. The Morgan fingerprint density at radius 3 is 2.63 bits per heavy atom. The lowest BCUT2D eigenvalue weighted by Crippen LogP contribution is -2.52. The van der Waals surface area contributed by atoms with Crippen molar-refractivity contribution < 1.29 is 14.4 Å². The smallest absolute Gasteiger partial charge is 0.246 e. The van der Waals surface area contributed by atoms with Crippen LogP contribution in [-0.4, -0.2) is 61.2 Å². The lowest BCUT2D eigenvalue weighted by Gasteiger charge is -2.30. The fourth-order valence-corrected chi connectivity index (χ4v) is 3.65. The molecule has 0 aromatic heterocycles. The van der Waals surface area contributed by atoms with Gasteiger partial charge in [0, 0.05) is 19.0 Å². The monoisotopic (exact) mass is 416 g/mol. The van der Waals surface area contributed by atoms with Crippen LogP contribution in [0.3, 0.4) is 0 Å². The van der Waals surface area contributed by atoms with E-state index in [9.17, 15) is 14.4 Å². The van der Waals surface area contributed by atoms with Crippen LogP contribution in [0.4, 0.5) is 0 Å². The summed E-state index contributed by atoms with van der Waals surface area (Å²) in [6.07, 6.45) is 3.02. The highest BCUT2D eigenvalue weighted by Crippen LogP contribution is 2.21. The molecule has 0 spiro atoms. The number of amides is 2. The number of benzene rings is 1. The Morgan fingerprint density at radius 2 is 2.07 bits per heavy atom. The van der Waals surface area contributed by atoms with Gasteiger partial charge in [-0.3, -0.25) is 19.5 Å². The molecule has 2 amide bonds. The molecular formula is C21H32N6O3. The van der Waals surface area contributed by atoms with Crippen LogP contribution in [0.5, 0.6) is 0 Å². The number of rotatable bonds is 11. The van der Waals surface area contributed by atoms with Crippen molar-refractivity contribution in [2.75, 3.05) is 20.1 Å². The number of hydrogen-bond donors (Lipinski definition) is 4. The van der Waals surface area contributed by atoms with E-state index >= 15 is 0 Å². The highest BCUT2D eigenvalue weighted by molar-refractivity contribution is 6.00. The highest BCUT2D eigenvalue weighted by Gasteiger charge is 2.36. The Kier molecular flexibility index (Phi) is 9.43. The number of aldehydes is 1. The van der Waals surface area contributed by atoms with Gasteiger partial charge in [-0.15, -0.1) is 0 Å². The van der Waals surface area contributed by atoms with Crippen molar-refractivity contribution in [2.24, 2.45) is 16.5 Å². The topological polar surface area (TPSA) is 143 Å². The molecule has 1 saturated heterocycles. The van der Waals surface area contributed by atoms with Crippen LogP contribution in [0.15, 0.2) is 35.3 Å². The second kappa shape index (κ2) is 12.0. The first-order valence-corrected chi connectivity index (χ1v) is 10.3. The summed E-state index contributed by atoms with van der Waals surface area (Å²) in [7, 11) is 1.77. The molecule has 1 aliphatic heterocycles. The largest absolute Gasteiger partial charge is 0.370 e.